The summed E-state index contributed by atoms with van der Waals surface area (Å²) in [5.41, 5.74) is 0.318. The van der Waals surface area contributed by atoms with E-state index in [2.05, 4.69) is 5.32 Å². The molecule has 6 heteroatoms. The lowest BCUT2D eigenvalue weighted by molar-refractivity contribution is 0.0206. The fourth-order valence-corrected chi connectivity index (χ4v) is 2.76. The maximum absolute atomic E-state index is 12.2. The van der Waals surface area contributed by atoms with E-state index in [4.69, 9.17) is 27.9 Å². The lowest BCUT2D eigenvalue weighted by Crippen LogP contribution is -2.47. The van der Waals surface area contributed by atoms with E-state index in [1.807, 2.05) is 20.8 Å². The zero-order valence-corrected chi connectivity index (χ0v) is 14.7. The number of hydrogen-bond acceptors (Lipinski definition) is 3. The first-order valence-electron chi connectivity index (χ1n) is 7.44. The van der Waals surface area contributed by atoms with E-state index >= 15 is 0 Å². The van der Waals surface area contributed by atoms with E-state index in [-0.39, 0.29) is 12.1 Å². The summed E-state index contributed by atoms with van der Waals surface area (Å²) in [5, 5.41) is 4.63. The van der Waals surface area contributed by atoms with Crippen LogP contribution in [-0.2, 0) is 4.74 Å². The van der Waals surface area contributed by atoms with Crippen molar-refractivity contribution in [1.29, 1.82) is 0 Å². The fourth-order valence-electron chi connectivity index (χ4n) is 2.42. The first-order chi connectivity index (χ1) is 10.2. The van der Waals surface area contributed by atoms with Gasteiger partial charge < -0.3 is 15.0 Å². The van der Waals surface area contributed by atoms with E-state index in [0.29, 0.717) is 16.6 Å². The standard InChI is InChI=1S/C16H22Cl2N2O2/c1-16(2,3)22-15(21)20-8-4-5-12(10-20)19-14-9-11(17)6-7-13(14)18/h6-7,9,12,19H,4-5,8,10H2,1-3H3. The Labute approximate surface area is 141 Å². The van der Waals surface area contributed by atoms with E-state index in [1.165, 1.54) is 0 Å². The van der Waals surface area contributed by atoms with Gasteiger partial charge in [-0.2, -0.15) is 0 Å². The predicted molar refractivity (Wildman–Crippen MR) is 90.9 cm³/mol. The summed E-state index contributed by atoms with van der Waals surface area (Å²) in [6.07, 6.45) is 1.63. The number of nitrogens with zero attached hydrogens (tertiary/aromatic N) is 1. The largest absolute Gasteiger partial charge is 0.444 e. The highest BCUT2D eigenvalue weighted by Crippen LogP contribution is 2.27. The highest BCUT2D eigenvalue weighted by atomic mass is 35.5. The molecule has 0 aliphatic carbocycles. The number of nitrogens with one attached hydrogen (secondary N) is 1. The van der Waals surface area contributed by atoms with Crippen LogP contribution in [0.15, 0.2) is 18.2 Å². The van der Waals surface area contributed by atoms with Gasteiger partial charge in [-0.15, -0.1) is 0 Å². The zero-order valence-electron chi connectivity index (χ0n) is 13.2. The molecule has 1 aromatic carbocycles. The normalized spacial score (nSPS) is 19.0. The van der Waals surface area contributed by atoms with Crippen LogP contribution >= 0.6 is 23.2 Å². The molecule has 1 atom stereocenters. The van der Waals surface area contributed by atoms with Crippen LogP contribution in [0.25, 0.3) is 0 Å². The number of halogens is 2. The molecule has 1 aliphatic rings. The maximum atomic E-state index is 12.2. The summed E-state index contributed by atoms with van der Waals surface area (Å²) < 4.78 is 5.43. The van der Waals surface area contributed by atoms with Gasteiger partial charge in [0.05, 0.1) is 10.7 Å². The second-order valence-corrected chi connectivity index (χ2v) is 7.38. The lowest BCUT2D eigenvalue weighted by Gasteiger charge is -2.35. The number of benzene rings is 1. The monoisotopic (exact) mass is 344 g/mol. The number of carbonyl (C=O) groups excluding carboxylic acids is 1. The summed E-state index contributed by atoms with van der Waals surface area (Å²) in [4.78, 5) is 13.9. The van der Waals surface area contributed by atoms with Crippen LogP contribution < -0.4 is 5.32 Å². The molecule has 22 heavy (non-hydrogen) atoms. The Hall–Kier alpha value is -1.13. The third-order valence-electron chi connectivity index (χ3n) is 3.36. The Morgan fingerprint density at radius 2 is 2.09 bits per heavy atom. The van der Waals surface area contributed by atoms with Crippen LogP contribution in [0.1, 0.15) is 33.6 Å². The van der Waals surface area contributed by atoms with Gasteiger partial charge in [-0.25, -0.2) is 4.79 Å². The number of likely N-dealkylation sites (tertiary alicyclic amines) is 1. The Balaban J connectivity index is 1.98. The highest BCUT2D eigenvalue weighted by molar-refractivity contribution is 6.35. The molecule has 1 aliphatic heterocycles. The quantitative estimate of drug-likeness (QED) is 0.837. The number of hydrogen-bond donors (Lipinski definition) is 1. The van der Waals surface area contributed by atoms with Gasteiger partial charge in [0, 0.05) is 24.2 Å². The van der Waals surface area contributed by atoms with Crippen molar-refractivity contribution < 1.29 is 9.53 Å². The molecule has 0 spiro atoms. The summed E-state index contributed by atoms with van der Waals surface area (Å²) in [6.45, 7) is 6.93. The molecule has 122 valence electrons. The van der Waals surface area contributed by atoms with E-state index in [0.717, 1.165) is 25.1 Å². The van der Waals surface area contributed by atoms with Gasteiger partial charge in [-0.1, -0.05) is 23.2 Å². The SMILES string of the molecule is CC(C)(C)OC(=O)N1CCCC(Nc2cc(Cl)ccc2Cl)C1. The summed E-state index contributed by atoms with van der Waals surface area (Å²) in [5.74, 6) is 0. The summed E-state index contributed by atoms with van der Waals surface area (Å²) in [7, 11) is 0. The van der Waals surface area contributed by atoms with Crippen molar-refractivity contribution in [2.45, 2.75) is 45.3 Å². The van der Waals surface area contributed by atoms with Crippen LogP contribution in [0.3, 0.4) is 0 Å². The number of rotatable bonds is 2. The number of piperidine rings is 1. The average molecular weight is 345 g/mol. The van der Waals surface area contributed by atoms with Crippen LogP contribution in [0, 0.1) is 0 Å². The van der Waals surface area contributed by atoms with Crippen LogP contribution in [-0.4, -0.2) is 35.7 Å². The van der Waals surface area contributed by atoms with Crippen molar-refractivity contribution in [1.82, 2.24) is 4.90 Å². The predicted octanol–water partition coefficient (Wildman–Crippen LogP) is 4.80. The molecule has 1 amide bonds. The summed E-state index contributed by atoms with van der Waals surface area (Å²) in [6, 6.07) is 5.46. The Morgan fingerprint density at radius 3 is 2.77 bits per heavy atom. The average Bonchev–Trinajstić information content (AvgIpc) is 2.41. The van der Waals surface area contributed by atoms with Crippen molar-refractivity contribution in [2.24, 2.45) is 0 Å². The molecule has 0 radical (unpaired) electrons. The van der Waals surface area contributed by atoms with Gasteiger partial charge in [0.25, 0.3) is 0 Å². The van der Waals surface area contributed by atoms with Crippen molar-refractivity contribution in [3.8, 4) is 0 Å². The Bertz CT molecular complexity index is 543. The number of carbonyl (C=O) groups is 1. The Kier molecular flexibility index (Phi) is 5.45. The second-order valence-electron chi connectivity index (χ2n) is 6.53. The van der Waals surface area contributed by atoms with Crippen molar-refractivity contribution in [3.63, 3.8) is 0 Å². The van der Waals surface area contributed by atoms with Gasteiger partial charge >= 0.3 is 6.09 Å². The molecule has 1 aromatic rings. The van der Waals surface area contributed by atoms with Gasteiger partial charge in [-0.05, 0) is 51.8 Å². The van der Waals surface area contributed by atoms with Gasteiger partial charge in [-0.3, -0.25) is 0 Å². The molecular formula is C16H22Cl2N2O2. The molecule has 0 aromatic heterocycles. The second kappa shape index (κ2) is 6.97. The third-order valence-corrected chi connectivity index (χ3v) is 3.93. The minimum absolute atomic E-state index is 0.136. The molecule has 1 N–H and O–H groups in total. The van der Waals surface area contributed by atoms with Crippen molar-refractivity contribution in [2.75, 3.05) is 18.4 Å². The van der Waals surface area contributed by atoms with Gasteiger partial charge in [0.15, 0.2) is 0 Å². The maximum Gasteiger partial charge on any atom is 0.410 e. The lowest BCUT2D eigenvalue weighted by atomic mass is 10.1. The number of amides is 1. The molecule has 2 rings (SSSR count). The van der Waals surface area contributed by atoms with E-state index in [9.17, 15) is 4.79 Å². The molecule has 1 fully saturated rings. The van der Waals surface area contributed by atoms with Crippen molar-refractivity contribution in [3.05, 3.63) is 28.2 Å². The summed E-state index contributed by atoms with van der Waals surface area (Å²) >= 11 is 12.2. The first-order valence-corrected chi connectivity index (χ1v) is 8.20. The van der Waals surface area contributed by atoms with Crippen LogP contribution in [0.5, 0.6) is 0 Å². The minimum Gasteiger partial charge on any atom is -0.444 e. The highest BCUT2D eigenvalue weighted by Gasteiger charge is 2.27. The minimum atomic E-state index is -0.478. The third kappa shape index (κ3) is 4.96. The first kappa shape index (κ1) is 17.2. The molecule has 0 saturated carbocycles. The molecule has 0 bridgehead atoms. The Morgan fingerprint density at radius 1 is 1.36 bits per heavy atom. The number of ether oxygens (including phenoxy) is 1. The topological polar surface area (TPSA) is 41.6 Å². The molecular weight excluding hydrogens is 323 g/mol. The fraction of sp³-hybridized carbons (Fsp3) is 0.562. The smallest absolute Gasteiger partial charge is 0.410 e. The molecule has 1 heterocycles. The molecule has 1 saturated heterocycles. The number of anilines is 1. The van der Waals surface area contributed by atoms with E-state index in [1.54, 1.807) is 23.1 Å². The van der Waals surface area contributed by atoms with Crippen LogP contribution in [0.4, 0.5) is 10.5 Å². The van der Waals surface area contributed by atoms with Gasteiger partial charge in [0.1, 0.15) is 5.60 Å². The van der Waals surface area contributed by atoms with Crippen molar-refractivity contribution >= 4 is 35.0 Å². The van der Waals surface area contributed by atoms with E-state index < -0.39 is 5.60 Å². The van der Waals surface area contributed by atoms with Gasteiger partial charge in [0.2, 0.25) is 0 Å². The zero-order chi connectivity index (χ0) is 16.3. The van der Waals surface area contributed by atoms with Crippen LogP contribution in [0.2, 0.25) is 10.0 Å². The molecule has 4 nitrogen and oxygen atoms in total. The molecule has 1 unspecified atom stereocenters.